The van der Waals surface area contributed by atoms with E-state index < -0.39 is 9.84 Å². The summed E-state index contributed by atoms with van der Waals surface area (Å²) in [5.74, 6) is 1.45. The van der Waals surface area contributed by atoms with E-state index in [0.717, 1.165) is 25.4 Å². The van der Waals surface area contributed by atoms with Crippen LogP contribution in [0.5, 0.6) is 0 Å². The highest BCUT2D eigenvalue weighted by atomic mass is 32.2. The molecule has 1 aliphatic heterocycles. The van der Waals surface area contributed by atoms with Crippen LogP contribution in [0.1, 0.15) is 32.6 Å². The summed E-state index contributed by atoms with van der Waals surface area (Å²) in [7, 11) is -0.596. The fraction of sp³-hybridized carbons (Fsp3) is 1.00. The first-order chi connectivity index (χ1) is 8.53. The van der Waals surface area contributed by atoms with Crippen LogP contribution in [0.4, 0.5) is 0 Å². The Bertz CT molecular complexity index is 309. The molecule has 1 saturated heterocycles. The van der Waals surface area contributed by atoms with Gasteiger partial charge in [0.1, 0.15) is 9.84 Å². The maximum atomic E-state index is 11.3. The smallest absolute Gasteiger partial charge is 0.150 e. The van der Waals surface area contributed by atoms with Gasteiger partial charge in [-0.3, -0.25) is 0 Å². The van der Waals surface area contributed by atoms with Crippen molar-refractivity contribution < 1.29 is 8.42 Å². The third-order valence-corrected chi connectivity index (χ3v) is 5.61. The summed E-state index contributed by atoms with van der Waals surface area (Å²) in [6, 6.07) is 0. The van der Waals surface area contributed by atoms with E-state index in [4.69, 9.17) is 0 Å². The molecular weight excluding hydrogens is 248 g/mol. The lowest BCUT2D eigenvalue weighted by Crippen LogP contribution is -2.31. The minimum Gasteiger partial charge on any atom is -0.317 e. The van der Waals surface area contributed by atoms with Crippen molar-refractivity contribution in [1.29, 1.82) is 0 Å². The summed E-state index contributed by atoms with van der Waals surface area (Å²) in [4.78, 5) is 2.39. The lowest BCUT2D eigenvalue weighted by Gasteiger charge is -2.28. The first kappa shape index (κ1) is 15.9. The van der Waals surface area contributed by atoms with Crippen LogP contribution < -0.4 is 5.32 Å². The molecule has 1 N–H and O–H groups in total. The molecule has 1 rings (SSSR count). The number of nitrogens with one attached hydrogen (secondary N) is 1. The Morgan fingerprint density at radius 3 is 2.50 bits per heavy atom. The van der Waals surface area contributed by atoms with E-state index in [2.05, 4.69) is 17.3 Å². The molecule has 0 bridgehead atoms. The number of rotatable bonds is 8. The molecular formula is C13H28N2O2S. The van der Waals surface area contributed by atoms with Gasteiger partial charge in [-0.05, 0) is 64.8 Å². The first-order valence-electron chi connectivity index (χ1n) is 7.13. The molecule has 5 heteroatoms. The molecule has 0 spiro atoms. The summed E-state index contributed by atoms with van der Waals surface area (Å²) in [5, 5.41) is 3.36. The minimum atomic E-state index is -2.78. The quantitative estimate of drug-likeness (QED) is 0.675. The monoisotopic (exact) mass is 276 g/mol. The second kappa shape index (κ2) is 8.12. The van der Waals surface area contributed by atoms with E-state index in [1.165, 1.54) is 32.4 Å². The Morgan fingerprint density at radius 1 is 1.22 bits per heavy atom. The highest BCUT2D eigenvalue weighted by Gasteiger charge is 2.15. The molecule has 18 heavy (non-hydrogen) atoms. The fourth-order valence-electron chi connectivity index (χ4n) is 2.34. The molecule has 0 saturated carbocycles. The van der Waals surface area contributed by atoms with Crippen LogP contribution in [0.25, 0.3) is 0 Å². The SMILES string of the molecule is CCS(=O)(=O)CCCNCCC1CCN(C)CC1. The zero-order chi connectivity index (χ0) is 13.4. The van der Waals surface area contributed by atoms with Crippen LogP contribution in [0.3, 0.4) is 0 Å². The van der Waals surface area contributed by atoms with E-state index in [-0.39, 0.29) is 5.75 Å². The van der Waals surface area contributed by atoms with Crippen molar-refractivity contribution >= 4 is 9.84 Å². The van der Waals surface area contributed by atoms with Crippen molar-refractivity contribution in [1.82, 2.24) is 10.2 Å². The zero-order valence-corrected chi connectivity index (χ0v) is 12.6. The molecule has 108 valence electrons. The zero-order valence-electron chi connectivity index (χ0n) is 11.8. The van der Waals surface area contributed by atoms with Gasteiger partial charge in [0, 0.05) is 5.75 Å². The van der Waals surface area contributed by atoms with E-state index in [0.29, 0.717) is 5.75 Å². The standard InChI is InChI=1S/C13H28N2O2S/c1-3-18(16,17)12-4-8-14-9-5-13-6-10-15(2)11-7-13/h13-14H,3-12H2,1-2H3. The molecule has 0 aliphatic carbocycles. The predicted molar refractivity (Wildman–Crippen MR) is 76.7 cm³/mol. The van der Waals surface area contributed by atoms with Crippen molar-refractivity contribution in [2.24, 2.45) is 5.92 Å². The van der Waals surface area contributed by atoms with Gasteiger partial charge in [-0.15, -0.1) is 0 Å². The summed E-state index contributed by atoms with van der Waals surface area (Å²) in [5.41, 5.74) is 0. The topological polar surface area (TPSA) is 49.4 Å². The average Bonchev–Trinajstić information content (AvgIpc) is 2.36. The van der Waals surface area contributed by atoms with Gasteiger partial charge in [-0.1, -0.05) is 6.92 Å². The van der Waals surface area contributed by atoms with Crippen molar-refractivity contribution in [2.75, 3.05) is 44.7 Å². The molecule has 0 aromatic carbocycles. The van der Waals surface area contributed by atoms with E-state index >= 15 is 0 Å². The third kappa shape index (κ3) is 6.71. The number of piperidine rings is 1. The van der Waals surface area contributed by atoms with Gasteiger partial charge < -0.3 is 10.2 Å². The highest BCUT2D eigenvalue weighted by molar-refractivity contribution is 7.91. The Hall–Kier alpha value is -0.130. The molecule has 0 aromatic heterocycles. The van der Waals surface area contributed by atoms with Gasteiger partial charge in [0.05, 0.1) is 5.75 Å². The highest BCUT2D eigenvalue weighted by Crippen LogP contribution is 2.18. The van der Waals surface area contributed by atoms with E-state index in [9.17, 15) is 8.42 Å². The Morgan fingerprint density at radius 2 is 1.89 bits per heavy atom. The molecule has 0 aromatic rings. The predicted octanol–water partition coefficient (Wildman–Crippen LogP) is 1.13. The summed E-state index contributed by atoms with van der Waals surface area (Å²) in [6.07, 6.45) is 4.59. The molecule has 1 heterocycles. The largest absolute Gasteiger partial charge is 0.317 e. The van der Waals surface area contributed by atoms with Gasteiger partial charge in [0.15, 0.2) is 0 Å². The molecule has 0 unspecified atom stereocenters. The van der Waals surface area contributed by atoms with Gasteiger partial charge in [-0.25, -0.2) is 8.42 Å². The molecule has 1 aliphatic rings. The van der Waals surface area contributed by atoms with Crippen LogP contribution in [-0.4, -0.2) is 58.1 Å². The second-order valence-corrected chi connectivity index (χ2v) is 7.85. The summed E-state index contributed by atoms with van der Waals surface area (Å²) in [6.45, 7) is 6.01. The maximum Gasteiger partial charge on any atom is 0.150 e. The van der Waals surface area contributed by atoms with Gasteiger partial charge in [-0.2, -0.15) is 0 Å². The molecule has 0 radical (unpaired) electrons. The molecule has 4 nitrogen and oxygen atoms in total. The lowest BCUT2D eigenvalue weighted by atomic mass is 9.94. The Kier molecular flexibility index (Phi) is 7.19. The maximum absolute atomic E-state index is 11.3. The normalized spacial score (nSPS) is 19.2. The van der Waals surface area contributed by atoms with E-state index in [1.54, 1.807) is 6.92 Å². The van der Waals surface area contributed by atoms with Crippen molar-refractivity contribution in [3.63, 3.8) is 0 Å². The van der Waals surface area contributed by atoms with Crippen LogP contribution in [0, 0.1) is 5.92 Å². The molecule has 1 fully saturated rings. The summed E-state index contributed by atoms with van der Waals surface area (Å²) >= 11 is 0. The fourth-order valence-corrected chi connectivity index (χ4v) is 3.22. The van der Waals surface area contributed by atoms with Crippen LogP contribution >= 0.6 is 0 Å². The summed E-state index contributed by atoms with van der Waals surface area (Å²) < 4.78 is 22.6. The molecule has 0 amide bonds. The van der Waals surface area contributed by atoms with Crippen molar-refractivity contribution in [3.8, 4) is 0 Å². The Labute approximate surface area is 112 Å². The first-order valence-corrected chi connectivity index (χ1v) is 8.95. The van der Waals surface area contributed by atoms with Gasteiger partial charge in [0.25, 0.3) is 0 Å². The molecule has 0 atom stereocenters. The Balaban J connectivity index is 1.96. The number of sulfone groups is 1. The van der Waals surface area contributed by atoms with Crippen molar-refractivity contribution in [2.45, 2.75) is 32.6 Å². The number of likely N-dealkylation sites (tertiary alicyclic amines) is 1. The lowest BCUT2D eigenvalue weighted by molar-refractivity contribution is 0.212. The van der Waals surface area contributed by atoms with E-state index in [1.807, 2.05) is 0 Å². The number of hydrogen-bond donors (Lipinski definition) is 1. The minimum absolute atomic E-state index is 0.266. The van der Waals surface area contributed by atoms with Crippen molar-refractivity contribution in [3.05, 3.63) is 0 Å². The van der Waals surface area contributed by atoms with Crippen LogP contribution in [-0.2, 0) is 9.84 Å². The number of nitrogens with zero attached hydrogens (tertiary/aromatic N) is 1. The average molecular weight is 276 g/mol. The third-order valence-electron chi connectivity index (χ3n) is 3.82. The van der Waals surface area contributed by atoms with Gasteiger partial charge in [0.2, 0.25) is 0 Å². The van der Waals surface area contributed by atoms with Crippen LogP contribution in [0.2, 0.25) is 0 Å². The second-order valence-electron chi connectivity index (χ2n) is 5.38. The number of hydrogen-bond acceptors (Lipinski definition) is 4. The van der Waals surface area contributed by atoms with Crippen LogP contribution in [0.15, 0.2) is 0 Å². The van der Waals surface area contributed by atoms with Gasteiger partial charge >= 0.3 is 0 Å².